The molecule has 4 heterocycles. The summed E-state index contributed by atoms with van der Waals surface area (Å²) < 4.78 is 6.90. The summed E-state index contributed by atoms with van der Waals surface area (Å²) in [5.74, 6) is 0.0911. The number of thioether (sulfide) groups is 1. The summed E-state index contributed by atoms with van der Waals surface area (Å²) in [6.07, 6.45) is 1.22. The molecule has 0 radical (unpaired) electrons. The smallest absolute Gasteiger partial charge is 0.330 e. The van der Waals surface area contributed by atoms with Crippen LogP contribution in [0.25, 0.3) is 5.65 Å². The highest BCUT2D eigenvalue weighted by Gasteiger charge is 2.53. The fourth-order valence-electron chi connectivity index (χ4n) is 3.67. The van der Waals surface area contributed by atoms with Crippen LogP contribution >= 0.6 is 11.8 Å². The first-order valence-corrected chi connectivity index (χ1v) is 9.49. The van der Waals surface area contributed by atoms with Crippen molar-refractivity contribution in [3.63, 3.8) is 0 Å². The van der Waals surface area contributed by atoms with Crippen molar-refractivity contribution in [1.82, 2.24) is 14.3 Å². The van der Waals surface area contributed by atoms with Crippen LogP contribution in [0.3, 0.4) is 0 Å². The van der Waals surface area contributed by atoms with Gasteiger partial charge in [0, 0.05) is 23.9 Å². The summed E-state index contributed by atoms with van der Waals surface area (Å²) in [4.78, 5) is 42.7. The highest BCUT2D eigenvalue weighted by atomic mass is 32.2. The molecule has 0 spiro atoms. The molecular weight excluding hydrogens is 354 g/mol. The number of esters is 1. The summed E-state index contributed by atoms with van der Waals surface area (Å²) in [5.41, 5.74) is 1.49. The number of carbonyl (C=O) groups is 2. The van der Waals surface area contributed by atoms with Crippen LogP contribution in [-0.2, 0) is 20.9 Å². The zero-order chi connectivity index (χ0) is 18.5. The third kappa shape index (κ3) is 2.68. The Morgan fingerprint density at radius 2 is 2.23 bits per heavy atom. The number of ether oxygens (including phenoxy) is 1. The molecule has 2 atom stereocenters. The molecule has 2 aliphatic heterocycles. The number of aryl methyl sites for hydroxylation is 1. The lowest BCUT2D eigenvalue weighted by molar-refractivity contribution is -0.154. The van der Waals surface area contributed by atoms with Gasteiger partial charge in [0.1, 0.15) is 18.3 Å². The van der Waals surface area contributed by atoms with Crippen molar-refractivity contribution in [3.8, 4) is 0 Å². The maximum Gasteiger partial charge on any atom is 0.330 e. The molecule has 2 saturated heterocycles. The average Bonchev–Trinajstić information content (AvgIpc) is 3.09. The van der Waals surface area contributed by atoms with E-state index in [1.807, 2.05) is 26.0 Å². The standard InChI is InChI=1S/C18H19N3O4S/c1-11-4-3-5-14-19-12(8-16(23)20(11)14)9-25-17(24)13-10-26-18(2)7-6-15(22)21(13)18/h3-5,8,13H,6-7,9-10H2,1-2H3/t13-,18+/m0/s1. The van der Waals surface area contributed by atoms with E-state index in [4.69, 9.17) is 4.74 Å². The number of nitrogens with zero attached hydrogens (tertiary/aromatic N) is 3. The molecule has 0 N–H and O–H groups in total. The van der Waals surface area contributed by atoms with E-state index in [1.165, 1.54) is 10.5 Å². The molecule has 4 rings (SSSR count). The number of amides is 1. The molecule has 26 heavy (non-hydrogen) atoms. The molecule has 7 nitrogen and oxygen atoms in total. The van der Waals surface area contributed by atoms with Crippen LogP contribution in [0.15, 0.2) is 29.1 Å². The molecule has 0 aromatic carbocycles. The van der Waals surface area contributed by atoms with Gasteiger partial charge in [-0.2, -0.15) is 0 Å². The monoisotopic (exact) mass is 373 g/mol. The fraction of sp³-hybridized carbons (Fsp3) is 0.444. The first-order chi connectivity index (χ1) is 12.4. The molecule has 0 unspecified atom stereocenters. The largest absolute Gasteiger partial charge is 0.458 e. The van der Waals surface area contributed by atoms with E-state index in [1.54, 1.807) is 22.7 Å². The average molecular weight is 373 g/mol. The van der Waals surface area contributed by atoms with Crippen LogP contribution in [0.4, 0.5) is 0 Å². The summed E-state index contributed by atoms with van der Waals surface area (Å²) in [6, 6.07) is 6.20. The minimum atomic E-state index is -0.566. The predicted octanol–water partition coefficient (Wildman–Crippen LogP) is 1.50. The Morgan fingerprint density at radius 1 is 1.42 bits per heavy atom. The molecule has 2 aromatic rings. The quantitative estimate of drug-likeness (QED) is 0.759. The Bertz CT molecular complexity index is 973. The number of fused-ring (bicyclic) bond motifs is 2. The van der Waals surface area contributed by atoms with E-state index in [9.17, 15) is 14.4 Å². The van der Waals surface area contributed by atoms with E-state index in [0.717, 1.165) is 12.1 Å². The summed E-state index contributed by atoms with van der Waals surface area (Å²) >= 11 is 1.62. The van der Waals surface area contributed by atoms with Crippen molar-refractivity contribution in [1.29, 1.82) is 0 Å². The second kappa shape index (κ2) is 6.12. The first kappa shape index (κ1) is 17.1. The Morgan fingerprint density at radius 3 is 3.04 bits per heavy atom. The van der Waals surface area contributed by atoms with Gasteiger partial charge in [0.2, 0.25) is 5.91 Å². The first-order valence-electron chi connectivity index (χ1n) is 8.50. The molecule has 2 aromatic heterocycles. The summed E-state index contributed by atoms with van der Waals surface area (Å²) in [7, 11) is 0. The van der Waals surface area contributed by atoms with Gasteiger partial charge in [0.25, 0.3) is 5.56 Å². The number of hydrogen-bond acceptors (Lipinski definition) is 6. The lowest BCUT2D eigenvalue weighted by Gasteiger charge is -2.29. The molecule has 1 amide bonds. The van der Waals surface area contributed by atoms with Crippen LogP contribution in [0.2, 0.25) is 0 Å². The second-order valence-corrected chi connectivity index (χ2v) is 8.32. The van der Waals surface area contributed by atoms with Gasteiger partial charge >= 0.3 is 5.97 Å². The van der Waals surface area contributed by atoms with Crippen molar-refractivity contribution in [3.05, 3.63) is 46.0 Å². The Labute approximate surface area is 154 Å². The Hall–Kier alpha value is -2.35. The number of pyridine rings is 1. The molecule has 0 bridgehead atoms. The number of rotatable bonds is 3. The van der Waals surface area contributed by atoms with Gasteiger partial charge in [-0.3, -0.25) is 14.0 Å². The van der Waals surface area contributed by atoms with Crippen LogP contribution in [0, 0.1) is 6.92 Å². The maximum atomic E-state index is 12.5. The van der Waals surface area contributed by atoms with E-state index in [-0.39, 0.29) is 22.9 Å². The van der Waals surface area contributed by atoms with Crippen LogP contribution in [0.5, 0.6) is 0 Å². The molecular formula is C18H19N3O4S. The predicted molar refractivity (Wildman–Crippen MR) is 96.7 cm³/mol. The van der Waals surface area contributed by atoms with Crippen molar-refractivity contribution < 1.29 is 14.3 Å². The van der Waals surface area contributed by atoms with Gasteiger partial charge in [0.05, 0.1) is 10.6 Å². The van der Waals surface area contributed by atoms with E-state index < -0.39 is 12.0 Å². The highest BCUT2D eigenvalue weighted by Crippen LogP contribution is 2.47. The molecule has 0 saturated carbocycles. The van der Waals surface area contributed by atoms with E-state index in [2.05, 4.69) is 4.98 Å². The molecule has 2 aliphatic rings. The Kier molecular flexibility index (Phi) is 4.02. The Balaban J connectivity index is 1.51. The van der Waals surface area contributed by atoms with Crippen LogP contribution in [0.1, 0.15) is 31.2 Å². The third-order valence-corrected chi connectivity index (χ3v) is 6.52. The molecule has 8 heteroatoms. The van der Waals surface area contributed by atoms with Crippen LogP contribution < -0.4 is 5.56 Å². The normalized spacial score (nSPS) is 24.9. The second-order valence-electron chi connectivity index (χ2n) is 6.82. The summed E-state index contributed by atoms with van der Waals surface area (Å²) in [6.45, 7) is 3.74. The van der Waals surface area contributed by atoms with Gasteiger partial charge < -0.3 is 9.64 Å². The minimum Gasteiger partial charge on any atom is -0.458 e. The molecule has 136 valence electrons. The number of carbonyl (C=O) groups excluding carboxylic acids is 2. The summed E-state index contributed by atoms with van der Waals surface area (Å²) in [5, 5.41) is 0. The van der Waals surface area contributed by atoms with E-state index >= 15 is 0 Å². The number of aromatic nitrogens is 2. The zero-order valence-electron chi connectivity index (χ0n) is 14.6. The van der Waals surface area contributed by atoms with E-state index in [0.29, 0.717) is 23.5 Å². The lowest BCUT2D eigenvalue weighted by Crippen LogP contribution is -2.46. The molecule has 2 fully saturated rings. The fourth-order valence-corrected chi connectivity index (χ4v) is 5.09. The maximum absolute atomic E-state index is 12.5. The van der Waals surface area contributed by atoms with Crippen LogP contribution in [-0.4, -0.2) is 42.8 Å². The van der Waals surface area contributed by atoms with Gasteiger partial charge in [-0.25, -0.2) is 9.78 Å². The third-order valence-electron chi connectivity index (χ3n) is 5.01. The van der Waals surface area contributed by atoms with Crippen molar-refractivity contribution >= 4 is 29.3 Å². The van der Waals surface area contributed by atoms with Gasteiger partial charge in [0.15, 0.2) is 0 Å². The lowest BCUT2D eigenvalue weighted by atomic mass is 10.2. The number of hydrogen-bond donors (Lipinski definition) is 0. The zero-order valence-corrected chi connectivity index (χ0v) is 15.4. The highest BCUT2D eigenvalue weighted by molar-refractivity contribution is 8.01. The van der Waals surface area contributed by atoms with Crippen molar-refractivity contribution in [2.45, 2.75) is 44.2 Å². The molecule has 0 aliphatic carbocycles. The topological polar surface area (TPSA) is 81.0 Å². The van der Waals surface area contributed by atoms with Gasteiger partial charge in [-0.1, -0.05) is 6.07 Å². The van der Waals surface area contributed by atoms with Gasteiger partial charge in [-0.15, -0.1) is 11.8 Å². The van der Waals surface area contributed by atoms with Crippen molar-refractivity contribution in [2.24, 2.45) is 0 Å². The van der Waals surface area contributed by atoms with Crippen molar-refractivity contribution in [2.75, 3.05) is 5.75 Å². The van der Waals surface area contributed by atoms with Gasteiger partial charge in [-0.05, 0) is 32.4 Å². The SMILES string of the molecule is Cc1cccc2nc(COC(=O)[C@@H]3CS[C@]4(C)CCC(=O)N34)cc(=O)n12. The minimum absolute atomic E-state index is 0.00278.